The average Bonchev–Trinajstić information content (AvgIpc) is 2.61. The molecule has 1 N–H and O–H groups in total. The number of benzene rings is 2. The number of hydrogen-bond donors (Lipinski definition) is 1. The Balaban J connectivity index is 2.00. The maximum Gasteiger partial charge on any atom is 0.328 e. The van der Waals surface area contributed by atoms with E-state index in [4.69, 9.17) is 4.74 Å². The second-order valence-corrected chi connectivity index (χ2v) is 6.05. The van der Waals surface area contributed by atoms with Gasteiger partial charge < -0.3 is 10.1 Å². The third-order valence-electron chi connectivity index (χ3n) is 3.43. The number of ketones is 1. The van der Waals surface area contributed by atoms with Crippen LogP contribution < -0.4 is 5.32 Å². The van der Waals surface area contributed by atoms with Crippen molar-refractivity contribution >= 4 is 27.7 Å². The van der Waals surface area contributed by atoms with Crippen molar-refractivity contribution in [1.29, 1.82) is 0 Å². The minimum absolute atomic E-state index is 0.140. The number of halogens is 1. The summed E-state index contributed by atoms with van der Waals surface area (Å²) in [7, 11) is 1.35. The molecule has 2 aromatic carbocycles. The number of carbonyl (C=O) groups is 2. The molecule has 2 rings (SSSR count). The quantitative estimate of drug-likeness (QED) is 0.448. The summed E-state index contributed by atoms with van der Waals surface area (Å²) in [5.41, 5.74) is 1.59. The zero-order chi connectivity index (χ0) is 17.4. The van der Waals surface area contributed by atoms with Gasteiger partial charge in [-0.3, -0.25) is 4.79 Å². The van der Waals surface area contributed by atoms with Crippen molar-refractivity contribution < 1.29 is 14.3 Å². The van der Waals surface area contributed by atoms with Crippen LogP contribution in [0.25, 0.3) is 0 Å². The Morgan fingerprint density at radius 1 is 1.12 bits per heavy atom. The molecule has 0 bridgehead atoms. The summed E-state index contributed by atoms with van der Waals surface area (Å²) in [5.74, 6) is -0.516. The van der Waals surface area contributed by atoms with Gasteiger partial charge in [0.05, 0.1) is 7.11 Å². The minimum Gasteiger partial charge on any atom is -0.467 e. The number of rotatable bonds is 7. The van der Waals surface area contributed by atoms with Crippen molar-refractivity contribution in [2.24, 2.45) is 0 Å². The monoisotopic (exact) mass is 387 g/mol. The largest absolute Gasteiger partial charge is 0.467 e. The first kappa shape index (κ1) is 17.9. The van der Waals surface area contributed by atoms with Crippen LogP contribution in [0.5, 0.6) is 0 Å². The maximum atomic E-state index is 12.1. The Labute approximate surface area is 149 Å². The van der Waals surface area contributed by atoms with Crippen LogP contribution in [0.2, 0.25) is 0 Å². The van der Waals surface area contributed by atoms with E-state index in [1.165, 1.54) is 19.4 Å². The van der Waals surface area contributed by atoms with Gasteiger partial charge in [-0.05, 0) is 29.8 Å². The molecule has 0 aromatic heterocycles. The van der Waals surface area contributed by atoms with Gasteiger partial charge in [0.1, 0.15) is 6.04 Å². The molecule has 0 saturated heterocycles. The van der Waals surface area contributed by atoms with Crippen LogP contribution >= 0.6 is 15.9 Å². The van der Waals surface area contributed by atoms with Crippen LogP contribution in [0.1, 0.15) is 15.9 Å². The average molecular weight is 388 g/mol. The normalized spacial score (nSPS) is 11.9. The molecule has 1 atom stereocenters. The lowest BCUT2D eigenvalue weighted by molar-refractivity contribution is -0.142. The van der Waals surface area contributed by atoms with Crippen molar-refractivity contribution in [3.05, 3.63) is 82.5 Å². The van der Waals surface area contributed by atoms with Crippen LogP contribution in [0.15, 0.2) is 71.3 Å². The first-order valence-electron chi connectivity index (χ1n) is 7.44. The van der Waals surface area contributed by atoms with Crippen LogP contribution in [0.3, 0.4) is 0 Å². The van der Waals surface area contributed by atoms with Crippen molar-refractivity contribution in [2.75, 3.05) is 7.11 Å². The van der Waals surface area contributed by atoms with Gasteiger partial charge in [0.2, 0.25) is 0 Å². The highest BCUT2D eigenvalue weighted by Crippen LogP contribution is 2.11. The molecule has 4 nitrogen and oxygen atoms in total. The zero-order valence-electron chi connectivity index (χ0n) is 13.2. The third kappa shape index (κ3) is 5.35. The molecule has 0 heterocycles. The summed E-state index contributed by atoms with van der Waals surface area (Å²) < 4.78 is 5.73. The summed E-state index contributed by atoms with van der Waals surface area (Å²) in [5, 5.41) is 2.95. The van der Waals surface area contributed by atoms with Gasteiger partial charge >= 0.3 is 5.97 Å². The molecular weight excluding hydrogens is 370 g/mol. The molecule has 124 valence electrons. The number of ether oxygens (including phenoxy) is 1. The lowest BCUT2D eigenvalue weighted by Gasteiger charge is -2.14. The summed E-state index contributed by atoms with van der Waals surface area (Å²) >= 11 is 3.33. The standard InChI is InChI=1S/C19H18BrNO3/c1-24-19(23)17(13-14-5-3-2-4-6-14)21-12-11-18(22)15-7-9-16(20)10-8-15/h2-12,17,21H,13H2,1H3/b12-11-/t17-/m0/s1. The molecule has 0 spiro atoms. The van der Waals surface area contributed by atoms with Gasteiger partial charge in [-0.2, -0.15) is 0 Å². The Morgan fingerprint density at radius 2 is 1.79 bits per heavy atom. The summed E-state index contributed by atoms with van der Waals surface area (Å²) in [6, 6.07) is 16.2. The molecule has 0 aliphatic heterocycles. The minimum atomic E-state index is -0.550. The van der Waals surface area contributed by atoms with Crippen molar-refractivity contribution in [3.63, 3.8) is 0 Å². The van der Waals surface area contributed by atoms with E-state index in [0.29, 0.717) is 12.0 Å². The Bertz CT molecular complexity index is 711. The smallest absolute Gasteiger partial charge is 0.328 e. The van der Waals surface area contributed by atoms with Crippen LogP contribution in [0, 0.1) is 0 Å². The molecule has 0 fully saturated rings. The first-order valence-corrected chi connectivity index (χ1v) is 8.23. The Hall–Kier alpha value is -2.40. The van der Waals surface area contributed by atoms with E-state index in [9.17, 15) is 9.59 Å². The lowest BCUT2D eigenvalue weighted by atomic mass is 10.1. The highest BCUT2D eigenvalue weighted by atomic mass is 79.9. The highest BCUT2D eigenvalue weighted by molar-refractivity contribution is 9.10. The molecule has 0 saturated carbocycles. The first-order chi connectivity index (χ1) is 11.6. The fraction of sp³-hybridized carbons (Fsp3) is 0.158. The summed E-state index contributed by atoms with van der Waals surface area (Å²) in [4.78, 5) is 24.0. The van der Waals surface area contributed by atoms with E-state index in [0.717, 1.165) is 10.0 Å². The molecular formula is C19H18BrNO3. The van der Waals surface area contributed by atoms with Gasteiger partial charge in [-0.25, -0.2) is 4.79 Å². The Kier molecular flexibility index (Phi) is 6.75. The predicted molar refractivity (Wildman–Crippen MR) is 96.7 cm³/mol. The van der Waals surface area contributed by atoms with E-state index in [1.807, 2.05) is 30.3 Å². The van der Waals surface area contributed by atoms with E-state index >= 15 is 0 Å². The molecule has 0 radical (unpaired) electrons. The molecule has 2 aromatic rings. The molecule has 0 aliphatic carbocycles. The van der Waals surface area contributed by atoms with Crippen molar-refractivity contribution in [2.45, 2.75) is 12.5 Å². The fourth-order valence-electron chi connectivity index (χ4n) is 2.15. The number of carbonyl (C=O) groups excluding carboxylic acids is 2. The van der Waals surface area contributed by atoms with Crippen molar-refractivity contribution in [3.8, 4) is 0 Å². The zero-order valence-corrected chi connectivity index (χ0v) is 14.8. The van der Waals surface area contributed by atoms with Crippen molar-refractivity contribution in [1.82, 2.24) is 5.32 Å². The van der Waals surface area contributed by atoms with Crippen LogP contribution in [0.4, 0.5) is 0 Å². The van der Waals surface area contributed by atoms with E-state index in [1.54, 1.807) is 24.3 Å². The predicted octanol–water partition coefficient (Wildman–Crippen LogP) is 3.52. The van der Waals surface area contributed by atoms with Gasteiger partial charge in [-0.1, -0.05) is 46.3 Å². The number of methoxy groups -OCH3 is 1. The number of hydrogen-bond acceptors (Lipinski definition) is 4. The maximum absolute atomic E-state index is 12.1. The molecule has 0 amide bonds. The van der Waals surface area contributed by atoms with Gasteiger partial charge in [0.15, 0.2) is 5.78 Å². The topological polar surface area (TPSA) is 55.4 Å². The van der Waals surface area contributed by atoms with Gasteiger partial charge in [-0.15, -0.1) is 0 Å². The van der Waals surface area contributed by atoms with E-state index in [-0.39, 0.29) is 11.8 Å². The lowest BCUT2D eigenvalue weighted by Crippen LogP contribution is -2.36. The number of nitrogens with one attached hydrogen (secondary N) is 1. The summed E-state index contributed by atoms with van der Waals surface area (Å²) in [6.07, 6.45) is 3.38. The van der Waals surface area contributed by atoms with Crippen LogP contribution in [-0.4, -0.2) is 24.9 Å². The number of allylic oxidation sites excluding steroid dienone is 1. The van der Waals surface area contributed by atoms with Gasteiger partial charge in [0.25, 0.3) is 0 Å². The summed E-state index contributed by atoms with van der Waals surface area (Å²) in [6.45, 7) is 0. The highest BCUT2D eigenvalue weighted by Gasteiger charge is 2.17. The molecule has 0 unspecified atom stereocenters. The number of esters is 1. The second-order valence-electron chi connectivity index (χ2n) is 5.14. The second kappa shape index (κ2) is 9.03. The van der Waals surface area contributed by atoms with Gasteiger partial charge in [0, 0.05) is 28.7 Å². The third-order valence-corrected chi connectivity index (χ3v) is 3.96. The van der Waals surface area contributed by atoms with Crippen LogP contribution in [-0.2, 0) is 16.0 Å². The molecule has 24 heavy (non-hydrogen) atoms. The molecule has 0 aliphatic rings. The van der Waals surface area contributed by atoms with E-state index < -0.39 is 6.04 Å². The SMILES string of the molecule is COC(=O)[C@H](Cc1ccccc1)N/C=C\C(=O)c1ccc(Br)cc1. The fourth-order valence-corrected chi connectivity index (χ4v) is 2.42. The van der Waals surface area contributed by atoms with E-state index in [2.05, 4.69) is 21.2 Å². The Morgan fingerprint density at radius 3 is 2.42 bits per heavy atom. The molecule has 5 heteroatoms.